The largest absolute Gasteiger partial charge is 0.394 e. The molecule has 0 spiro atoms. The molecule has 0 radical (unpaired) electrons. The molecule has 33 heavy (non-hydrogen) atoms. The number of carbonyl (C=O) groups is 2. The van der Waals surface area contributed by atoms with Gasteiger partial charge in [-0.3, -0.25) is 24.3 Å². The Labute approximate surface area is 197 Å². The Morgan fingerprint density at radius 1 is 0.879 bits per heavy atom. The summed E-state index contributed by atoms with van der Waals surface area (Å²) in [6, 6.07) is 6.38. The highest BCUT2D eigenvalue weighted by atomic mass is 16.3. The summed E-state index contributed by atoms with van der Waals surface area (Å²) in [5.41, 5.74) is 1.51. The summed E-state index contributed by atoms with van der Waals surface area (Å²) in [5, 5.41) is 31.5. The van der Waals surface area contributed by atoms with E-state index in [1.807, 2.05) is 12.1 Å². The highest BCUT2D eigenvalue weighted by molar-refractivity contribution is 5.97. The Morgan fingerprint density at radius 2 is 1.33 bits per heavy atom. The Hall–Kier alpha value is -1.88. The van der Waals surface area contributed by atoms with Crippen molar-refractivity contribution in [3.8, 4) is 0 Å². The van der Waals surface area contributed by atoms with Crippen LogP contribution < -0.4 is 5.32 Å². The molecule has 0 aliphatic carbocycles. The maximum atomic E-state index is 12.4. The molecule has 1 aliphatic rings. The predicted molar refractivity (Wildman–Crippen MR) is 127 cm³/mol. The quantitative estimate of drug-likeness (QED) is 0.368. The van der Waals surface area contributed by atoms with Crippen LogP contribution in [0.25, 0.3) is 0 Å². The summed E-state index contributed by atoms with van der Waals surface area (Å²) < 4.78 is 0. The van der Waals surface area contributed by atoms with E-state index < -0.39 is 24.9 Å². The van der Waals surface area contributed by atoms with Crippen LogP contribution in [0.15, 0.2) is 24.3 Å². The van der Waals surface area contributed by atoms with Gasteiger partial charge in [-0.15, -0.1) is 0 Å². The van der Waals surface area contributed by atoms with E-state index in [0.717, 1.165) is 51.4 Å². The molecular formula is C24H40N4O5. The lowest BCUT2D eigenvalue weighted by molar-refractivity contribution is -0.119. The molecule has 1 aromatic carbocycles. The van der Waals surface area contributed by atoms with E-state index in [0.29, 0.717) is 18.7 Å². The minimum Gasteiger partial charge on any atom is -0.394 e. The van der Waals surface area contributed by atoms with E-state index in [1.165, 1.54) is 6.92 Å². The van der Waals surface area contributed by atoms with Crippen LogP contribution in [-0.4, -0.2) is 119 Å². The van der Waals surface area contributed by atoms with Crippen molar-refractivity contribution in [2.45, 2.75) is 45.6 Å². The van der Waals surface area contributed by atoms with Crippen LogP contribution in [0.5, 0.6) is 0 Å². The van der Waals surface area contributed by atoms with E-state index in [1.54, 1.807) is 26.0 Å². The lowest BCUT2D eigenvalue weighted by Gasteiger charge is -2.27. The third-order valence-corrected chi connectivity index (χ3v) is 5.84. The zero-order valence-electron chi connectivity index (χ0n) is 20.1. The van der Waals surface area contributed by atoms with Crippen LogP contribution in [0.1, 0.15) is 36.7 Å². The Bertz CT molecular complexity index is 719. The number of nitrogens with zero attached hydrogens (tertiary/aromatic N) is 3. The number of nitrogens with one attached hydrogen (secondary N) is 1. The second-order valence-corrected chi connectivity index (χ2v) is 9.09. The maximum Gasteiger partial charge on any atom is 0.251 e. The molecule has 2 rings (SSSR count). The normalized spacial score (nSPS) is 19.7. The minimum atomic E-state index is -0.892. The summed E-state index contributed by atoms with van der Waals surface area (Å²) in [6.07, 6.45) is -0.784. The van der Waals surface area contributed by atoms with Crippen molar-refractivity contribution >= 4 is 11.7 Å². The number of hydrogen-bond donors (Lipinski definition) is 4. The monoisotopic (exact) mass is 464 g/mol. The number of hydrogen-bond acceptors (Lipinski definition) is 8. The van der Waals surface area contributed by atoms with Gasteiger partial charge in [-0.1, -0.05) is 12.1 Å². The van der Waals surface area contributed by atoms with Gasteiger partial charge in [-0.05, 0) is 38.5 Å². The highest BCUT2D eigenvalue weighted by Crippen LogP contribution is 2.10. The summed E-state index contributed by atoms with van der Waals surface area (Å²) in [4.78, 5) is 30.7. The van der Waals surface area contributed by atoms with Gasteiger partial charge in [-0.25, -0.2) is 0 Å². The zero-order chi connectivity index (χ0) is 24.4. The molecule has 1 amide bonds. The van der Waals surface area contributed by atoms with E-state index >= 15 is 0 Å². The fraction of sp³-hybridized carbons (Fsp3) is 0.667. The molecular weight excluding hydrogens is 424 g/mol. The Morgan fingerprint density at radius 3 is 1.73 bits per heavy atom. The number of rotatable bonds is 10. The molecule has 1 aromatic rings. The maximum absolute atomic E-state index is 12.4. The summed E-state index contributed by atoms with van der Waals surface area (Å²) in [7, 11) is 0. The Balaban J connectivity index is 2.02. The van der Waals surface area contributed by atoms with Crippen LogP contribution >= 0.6 is 0 Å². The third kappa shape index (κ3) is 9.87. The van der Waals surface area contributed by atoms with Gasteiger partial charge in [0.1, 0.15) is 6.04 Å². The Kier molecular flexibility index (Phi) is 11.4. The van der Waals surface area contributed by atoms with Gasteiger partial charge in [0, 0.05) is 64.5 Å². The van der Waals surface area contributed by atoms with E-state index in [-0.39, 0.29) is 11.7 Å². The lowest BCUT2D eigenvalue weighted by Crippen LogP contribution is -2.42. The number of β-amino-alcohol motifs (C(OH)–C–C–N with tert-alkyl or cyclic N) is 2. The zero-order valence-corrected chi connectivity index (χ0v) is 20.1. The van der Waals surface area contributed by atoms with E-state index in [4.69, 9.17) is 0 Å². The SMILES string of the molecule is CC(=O)C(CO)NC(=O)c1ccc(CN2CCN(C[C@H](C)O)CCN(C[C@H](C)O)CC2)cc1. The van der Waals surface area contributed by atoms with Crippen LogP contribution in [-0.2, 0) is 11.3 Å². The van der Waals surface area contributed by atoms with Crippen molar-refractivity contribution in [2.75, 3.05) is 59.0 Å². The fourth-order valence-corrected chi connectivity index (χ4v) is 3.99. The van der Waals surface area contributed by atoms with Crippen LogP contribution in [0.2, 0.25) is 0 Å². The van der Waals surface area contributed by atoms with Gasteiger partial charge in [0.05, 0.1) is 18.8 Å². The van der Waals surface area contributed by atoms with Gasteiger partial charge in [0.15, 0.2) is 5.78 Å². The minimum absolute atomic E-state index is 0.287. The first-order valence-corrected chi connectivity index (χ1v) is 11.7. The molecule has 0 saturated carbocycles. The van der Waals surface area contributed by atoms with Crippen LogP contribution in [0.4, 0.5) is 0 Å². The fourth-order valence-electron chi connectivity index (χ4n) is 3.99. The second-order valence-electron chi connectivity index (χ2n) is 9.09. The van der Waals surface area contributed by atoms with Crippen molar-refractivity contribution in [1.82, 2.24) is 20.0 Å². The van der Waals surface area contributed by atoms with Gasteiger partial charge in [-0.2, -0.15) is 0 Å². The molecule has 9 heteroatoms. The molecule has 1 aliphatic heterocycles. The van der Waals surface area contributed by atoms with Crippen molar-refractivity contribution in [3.05, 3.63) is 35.4 Å². The number of amides is 1. The molecule has 3 atom stereocenters. The molecule has 0 aromatic heterocycles. The number of carbonyl (C=O) groups excluding carboxylic acids is 2. The average Bonchev–Trinajstić information content (AvgIpc) is 2.83. The lowest BCUT2D eigenvalue weighted by atomic mass is 10.1. The number of aliphatic hydroxyl groups excluding tert-OH is 3. The van der Waals surface area contributed by atoms with Crippen LogP contribution in [0.3, 0.4) is 0 Å². The van der Waals surface area contributed by atoms with E-state index in [9.17, 15) is 24.9 Å². The number of ketones is 1. The molecule has 0 bridgehead atoms. The smallest absolute Gasteiger partial charge is 0.251 e. The number of Topliss-reactive ketones (excluding diaryl/α,β-unsaturated/α-hetero) is 1. The third-order valence-electron chi connectivity index (χ3n) is 5.84. The average molecular weight is 465 g/mol. The standard InChI is InChI=1S/C24H40N4O5/c1-18(30)14-26-8-9-27(15-19(2)31)11-13-28(12-10-26)16-21-4-6-22(7-5-21)24(33)25-23(17-29)20(3)32/h4-7,18-19,23,29-31H,8-17H2,1-3H3,(H,25,33)/t18-,19-,23?/m0/s1. The van der Waals surface area contributed by atoms with Gasteiger partial charge in [0.2, 0.25) is 0 Å². The molecule has 1 saturated heterocycles. The van der Waals surface area contributed by atoms with Crippen molar-refractivity contribution in [1.29, 1.82) is 0 Å². The first-order valence-electron chi connectivity index (χ1n) is 11.7. The number of benzene rings is 1. The van der Waals surface area contributed by atoms with E-state index in [2.05, 4.69) is 20.0 Å². The molecule has 9 nitrogen and oxygen atoms in total. The van der Waals surface area contributed by atoms with Crippen LogP contribution in [0, 0.1) is 0 Å². The highest BCUT2D eigenvalue weighted by Gasteiger charge is 2.19. The molecule has 1 fully saturated rings. The summed E-state index contributed by atoms with van der Waals surface area (Å²) in [5.74, 6) is -0.675. The number of aliphatic hydroxyl groups is 3. The van der Waals surface area contributed by atoms with Crippen molar-refractivity contribution in [3.63, 3.8) is 0 Å². The van der Waals surface area contributed by atoms with Crippen molar-refractivity contribution < 1.29 is 24.9 Å². The second kappa shape index (κ2) is 13.7. The molecule has 186 valence electrons. The van der Waals surface area contributed by atoms with Gasteiger partial charge >= 0.3 is 0 Å². The molecule has 1 unspecified atom stereocenters. The van der Waals surface area contributed by atoms with Crippen molar-refractivity contribution in [2.24, 2.45) is 0 Å². The first kappa shape index (κ1) is 27.4. The van der Waals surface area contributed by atoms with Gasteiger partial charge < -0.3 is 20.6 Å². The summed E-state index contributed by atoms with van der Waals surface area (Å²) >= 11 is 0. The molecule has 4 N–H and O–H groups in total. The predicted octanol–water partition coefficient (Wildman–Crippen LogP) is -0.452. The topological polar surface area (TPSA) is 117 Å². The summed E-state index contributed by atoms with van der Waals surface area (Å²) in [6.45, 7) is 11.6. The van der Waals surface area contributed by atoms with Gasteiger partial charge in [0.25, 0.3) is 5.91 Å². The first-order chi connectivity index (χ1) is 15.7. The molecule has 1 heterocycles.